The maximum atomic E-state index is 11.9. The van der Waals surface area contributed by atoms with E-state index in [0.29, 0.717) is 6.61 Å². The summed E-state index contributed by atoms with van der Waals surface area (Å²) in [5.41, 5.74) is 0. The summed E-state index contributed by atoms with van der Waals surface area (Å²) in [6.07, 6.45) is 6.66. The molecule has 17 heavy (non-hydrogen) atoms. The zero-order chi connectivity index (χ0) is 12.7. The number of nitrogens with zero attached hydrogens (tertiary/aromatic N) is 2. The fourth-order valence-electron chi connectivity index (χ4n) is 1.97. The van der Waals surface area contributed by atoms with Crippen molar-refractivity contribution in [1.29, 1.82) is 0 Å². The van der Waals surface area contributed by atoms with Gasteiger partial charge < -0.3 is 10.1 Å². The highest BCUT2D eigenvalue weighted by Crippen LogP contribution is 2.21. The zero-order valence-corrected chi connectivity index (χ0v) is 10.7. The van der Waals surface area contributed by atoms with Crippen LogP contribution in [0.25, 0.3) is 5.41 Å². The average molecular weight is 257 g/mol. The Morgan fingerprint density at radius 3 is 2.71 bits per heavy atom. The van der Waals surface area contributed by atoms with E-state index in [-0.39, 0.29) is 11.1 Å². The molecule has 1 amide bonds. The lowest BCUT2D eigenvalue weighted by Gasteiger charge is -2.18. The normalized spacial score (nSPS) is 17.4. The third kappa shape index (κ3) is 3.99. The Balaban J connectivity index is 2.86. The standard InChI is InChI=1S/C12H17ClN2O2/c1-2-17-9-15(12(16)11(13)8-14)10-6-4-3-5-7-10/h9-10H,2-7H2,1H3. The molecule has 0 bridgehead atoms. The van der Waals surface area contributed by atoms with Crippen molar-refractivity contribution in [3.05, 3.63) is 10.4 Å². The fourth-order valence-corrected chi connectivity index (χ4v) is 2.07. The predicted octanol–water partition coefficient (Wildman–Crippen LogP) is 2.28. The van der Waals surface area contributed by atoms with E-state index < -0.39 is 5.91 Å². The van der Waals surface area contributed by atoms with Gasteiger partial charge in [0.2, 0.25) is 0 Å². The van der Waals surface area contributed by atoms with Crippen molar-refractivity contribution in [2.24, 2.45) is 0 Å². The predicted molar refractivity (Wildman–Crippen MR) is 67.6 cm³/mol. The summed E-state index contributed by atoms with van der Waals surface area (Å²) in [6.45, 7) is 2.33. The summed E-state index contributed by atoms with van der Waals surface area (Å²) in [5, 5.41) is 8.34. The van der Waals surface area contributed by atoms with Gasteiger partial charge in [0.1, 0.15) is 0 Å². The Kier molecular flexibility index (Phi) is 5.95. The highest BCUT2D eigenvalue weighted by molar-refractivity contribution is 6.45. The minimum absolute atomic E-state index is 0.102. The Morgan fingerprint density at radius 1 is 1.53 bits per heavy atom. The molecule has 0 aromatic heterocycles. The molecule has 1 rings (SSSR count). The lowest BCUT2D eigenvalue weighted by molar-refractivity contribution is -0.491. The third-order valence-corrected chi connectivity index (χ3v) is 3.09. The van der Waals surface area contributed by atoms with Crippen LogP contribution in [-0.2, 0) is 9.53 Å². The van der Waals surface area contributed by atoms with Gasteiger partial charge in [-0.05, 0) is 19.8 Å². The van der Waals surface area contributed by atoms with E-state index in [9.17, 15) is 4.79 Å². The number of ether oxygens (including phenoxy) is 1. The van der Waals surface area contributed by atoms with E-state index in [0.717, 1.165) is 25.7 Å². The molecule has 1 fully saturated rings. The monoisotopic (exact) mass is 256 g/mol. The van der Waals surface area contributed by atoms with Crippen molar-refractivity contribution >= 4 is 29.8 Å². The summed E-state index contributed by atoms with van der Waals surface area (Å²) in [7, 11) is 0. The number of hydrogen-bond donors (Lipinski definition) is 0. The second kappa shape index (κ2) is 7.25. The van der Waals surface area contributed by atoms with E-state index in [2.05, 4.69) is 0 Å². The first-order chi connectivity index (χ1) is 8.20. The smallest absolute Gasteiger partial charge is 0.439 e. The lowest BCUT2D eigenvalue weighted by Crippen LogP contribution is -2.35. The molecule has 1 saturated carbocycles. The average Bonchev–Trinajstić information content (AvgIpc) is 2.39. The van der Waals surface area contributed by atoms with Gasteiger partial charge in [-0.1, -0.05) is 18.0 Å². The third-order valence-electron chi connectivity index (χ3n) is 2.84. The van der Waals surface area contributed by atoms with Gasteiger partial charge in [-0.25, -0.2) is 10.7 Å². The van der Waals surface area contributed by atoms with Crippen molar-refractivity contribution in [3.8, 4) is 0 Å². The van der Waals surface area contributed by atoms with Crippen LogP contribution in [-0.4, -0.2) is 35.4 Å². The number of carbonyl (C=O) groups excluding carboxylic acids is 1. The minimum Gasteiger partial charge on any atom is -0.762 e. The van der Waals surface area contributed by atoms with Gasteiger partial charge >= 0.3 is 12.3 Å². The van der Waals surface area contributed by atoms with E-state index in [1.807, 2.05) is 6.92 Å². The molecule has 0 spiro atoms. The Morgan fingerprint density at radius 2 is 2.18 bits per heavy atom. The van der Waals surface area contributed by atoms with Gasteiger partial charge in [-0.2, -0.15) is 0 Å². The molecule has 1 aliphatic carbocycles. The van der Waals surface area contributed by atoms with E-state index in [1.54, 1.807) is 5.87 Å². The van der Waals surface area contributed by atoms with Gasteiger partial charge in [0, 0.05) is 12.8 Å². The van der Waals surface area contributed by atoms with Gasteiger partial charge in [-0.15, -0.1) is 4.58 Å². The largest absolute Gasteiger partial charge is 0.762 e. The summed E-state index contributed by atoms with van der Waals surface area (Å²) in [5.74, 6) is 1.21. The molecule has 94 valence electrons. The van der Waals surface area contributed by atoms with Crippen LogP contribution in [0.15, 0.2) is 5.03 Å². The molecule has 0 saturated heterocycles. The minimum atomic E-state index is -0.463. The molecule has 0 aliphatic heterocycles. The quantitative estimate of drug-likeness (QED) is 0.335. The summed E-state index contributed by atoms with van der Waals surface area (Å²) >= 11 is 5.60. The molecule has 0 unspecified atom stereocenters. The first kappa shape index (κ1) is 13.9. The molecule has 5 heteroatoms. The molecule has 4 nitrogen and oxygen atoms in total. The number of rotatable bonds is 4. The number of carbonyl (C=O) groups is 1. The van der Waals surface area contributed by atoms with Crippen molar-refractivity contribution in [1.82, 2.24) is 0 Å². The van der Waals surface area contributed by atoms with Crippen LogP contribution in [0.2, 0.25) is 0 Å². The van der Waals surface area contributed by atoms with Gasteiger partial charge in [0.05, 0.1) is 6.61 Å². The van der Waals surface area contributed by atoms with Crippen LogP contribution < -0.4 is 0 Å². The first-order valence-electron chi connectivity index (χ1n) is 5.90. The van der Waals surface area contributed by atoms with Crippen molar-refractivity contribution < 1.29 is 14.1 Å². The van der Waals surface area contributed by atoms with Crippen LogP contribution in [0, 0.1) is 0 Å². The molecule has 0 N–H and O–H groups in total. The SMILES string of the molecule is CCOC=[N+](C(=O)C(Cl)=C=[N-])C1CCCCC1. The highest BCUT2D eigenvalue weighted by Gasteiger charge is 2.31. The highest BCUT2D eigenvalue weighted by atomic mass is 35.5. The molecule has 0 aromatic rings. The summed E-state index contributed by atoms with van der Waals surface area (Å²) < 4.78 is 6.63. The topological polar surface area (TPSA) is 51.6 Å². The number of amides is 1. The van der Waals surface area contributed by atoms with E-state index in [1.165, 1.54) is 17.4 Å². The van der Waals surface area contributed by atoms with Crippen LogP contribution in [0.5, 0.6) is 0 Å². The molecular formula is C12H17ClN2O2. The first-order valence-corrected chi connectivity index (χ1v) is 6.28. The Labute approximate surface area is 106 Å². The maximum absolute atomic E-state index is 11.9. The van der Waals surface area contributed by atoms with Crippen LogP contribution >= 0.6 is 11.6 Å². The van der Waals surface area contributed by atoms with Crippen LogP contribution in [0.1, 0.15) is 39.0 Å². The second-order valence-corrected chi connectivity index (χ2v) is 4.37. The van der Waals surface area contributed by atoms with Gasteiger partial charge in [0.15, 0.2) is 11.1 Å². The number of halogens is 1. The van der Waals surface area contributed by atoms with Gasteiger partial charge in [-0.3, -0.25) is 0 Å². The van der Waals surface area contributed by atoms with Crippen LogP contribution in [0.3, 0.4) is 0 Å². The molecular weight excluding hydrogens is 240 g/mol. The zero-order valence-electron chi connectivity index (χ0n) is 9.99. The molecule has 0 heterocycles. The van der Waals surface area contributed by atoms with Crippen molar-refractivity contribution in [2.45, 2.75) is 45.1 Å². The van der Waals surface area contributed by atoms with Crippen molar-refractivity contribution in [3.63, 3.8) is 0 Å². The summed E-state index contributed by atoms with van der Waals surface area (Å²) in [6, 6.07) is 0.102. The fraction of sp³-hybridized carbons (Fsp3) is 0.667. The lowest BCUT2D eigenvalue weighted by atomic mass is 9.95. The molecule has 0 radical (unpaired) electrons. The van der Waals surface area contributed by atoms with Crippen LogP contribution in [0.4, 0.5) is 0 Å². The van der Waals surface area contributed by atoms with Crippen molar-refractivity contribution in [2.75, 3.05) is 6.61 Å². The van der Waals surface area contributed by atoms with Gasteiger partial charge in [0.25, 0.3) is 0 Å². The Bertz CT molecular complexity index is 354. The Hall–Kier alpha value is -1.12. The van der Waals surface area contributed by atoms with E-state index in [4.69, 9.17) is 21.7 Å². The number of hydrogen-bond acceptors (Lipinski definition) is 2. The van der Waals surface area contributed by atoms with E-state index >= 15 is 0 Å². The summed E-state index contributed by atoms with van der Waals surface area (Å²) in [4.78, 5) is 11.9. The maximum Gasteiger partial charge on any atom is 0.439 e. The molecule has 1 aliphatic rings. The molecule has 0 atom stereocenters. The second-order valence-electron chi connectivity index (χ2n) is 3.99. The molecule has 0 aromatic carbocycles.